The lowest BCUT2D eigenvalue weighted by atomic mass is 9.89. The Balaban J connectivity index is 1.56. The highest BCUT2D eigenvalue weighted by atomic mass is 32.1. The van der Waals surface area contributed by atoms with E-state index >= 15 is 0 Å². The maximum Gasteiger partial charge on any atom is 0.335 e. The summed E-state index contributed by atoms with van der Waals surface area (Å²) in [6.07, 6.45) is 4.34. The molecule has 0 aliphatic heterocycles. The van der Waals surface area contributed by atoms with E-state index in [0.29, 0.717) is 29.0 Å². The van der Waals surface area contributed by atoms with Crippen molar-refractivity contribution in [2.45, 2.75) is 52.9 Å². The summed E-state index contributed by atoms with van der Waals surface area (Å²) in [6.45, 7) is 5.71. The van der Waals surface area contributed by atoms with Gasteiger partial charge in [-0.2, -0.15) is 5.48 Å². The summed E-state index contributed by atoms with van der Waals surface area (Å²) >= 11 is 0.944. The van der Waals surface area contributed by atoms with Gasteiger partial charge in [0, 0.05) is 10.6 Å². The van der Waals surface area contributed by atoms with Crippen LogP contribution < -0.4 is 16.1 Å². The molecule has 3 amide bonds. The molecule has 3 aromatic rings. The molecule has 0 spiro atoms. The number of halogens is 2. The van der Waals surface area contributed by atoms with Gasteiger partial charge in [-0.1, -0.05) is 43.0 Å². The fraction of sp³-hybridized carbons (Fsp3) is 0.321. The van der Waals surface area contributed by atoms with E-state index in [4.69, 9.17) is 4.84 Å². The zero-order chi connectivity index (χ0) is 27.4. The number of nitrogens with one attached hydrogen (secondary N) is 3. The third kappa shape index (κ3) is 6.36. The van der Waals surface area contributed by atoms with E-state index in [1.807, 2.05) is 32.9 Å². The predicted octanol–water partition coefficient (Wildman–Crippen LogP) is 7.03. The minimum Gasteiger partial charge on any atom is -0.340 e. The minimum atomic E-state index is -1.04. The highest BCUT2D eigenvalue weighted by Gasteiger charge is 2.25. The van der Waals surface area contributed by atoms with Crippen molar-refractivity contribution < 1.29 is 28.0 Å². The second kappa shape index (κ2) is 11.7. The first-order valence-electron chi connectivity index (χ1n) is 12.4. The van der Waals surface area contributed by atoms with Crippen LogP contribution in [0.3, 0.4) is 0 Å². The number of amides is 3. The Labute approximate surface area is 223 Å². The highest BCUT2D eigenvalue weighted by molar-refractivity contribution is 7.18. The van der Waals surface area contributed by atoms with Crippen LogP contribution in [0.5, 0.6) is 0 Å². The molecule has 0 atom stereocenters. The van der Waals surface area contributed by atoms with Crippen molar-refractivity contribution in [1.82, 2.24) is 5.48 Å². The van der Waals surface area contributed by atoms with Crippen LogP contribution in [0, 0.1) is 38.3 Å². The zero-order valence-electron chi connectivity index (χ0n) is 21.4. The molecule has 0 radical (unpaired) electrons. The molecule has 1 fully saturated rings. The van der Waals surface area contributed by atoms with Gasteiger partial charge in [-0.15, -0.1) is 11.3 Å². The van der Waals surface area contributed by atoms with Gasteiger partial charge in [-0.05, 0) is 68.5 Å². The Kier molecular flexibility index (Phi) is 8.41. The third-order valence-corrected chi connectivity index (χ3v) is 7.67. The van der Waals surface area contributed by atoms with Crippen molar-refractivity contribution >= 4 is 40.6 Å². The number of urea groups is 1. The lowest BCUT2D eigenvalue weighted by Crippen LogP contribution is -2.31. The Morgan fingerprint density at radius 2 is 1.58 bits per heavy atom. The fourth-order valence-corrected chi connectivity index (χ4v) is 5.65. The molecule has 10 heteroatoms. The molecule has 0 unspecified atom stereocenters. The number of benzene rings is 2. The van der Waals surface area contributed by atoms with Gasteiger partial charge in [0.05, 0.1) is 11.6 Å². The first-order chi connectivity index (χ1) is 18.1. The Morgan fingerprint density at radius 1 is 0.895 bits per heavy atom. The zero-order valence-corrected chi connectivity index (χ0v) is 22.2. The average Bonchev–Trinajstić information content (AvgIpc) is 3.30. The molecule has 1 aliphatic carbocycles. The molecule has 0 saturated heterocycles. The molecule has 38 heavy (non-hydrogen) atoms. The summed E-state index contributed by atoms with van der Waals surface area (Å²) in [4.78, 5) is 43.9. The van der Waals surface area contributed by atoms with Crippen LogP contribution in [0.25, 0.3) is 10.4 Å². The molecule has 4 rings (SSSR count). The van der Waals surface area contributed by atoms with E-state index < -0.39 is 29.5 Å². The van der Waals surface area contributed by atoms with E-state index in [-0.39, 0.29) is 16.5 Å². The van der Waals surface area contributed by atoms with Gasteiger partial charge in [0.1, 0.15) is 4.88 Å². The first-order valence-corrected chi connectivity index (χ1v) is 13.2. The van der Waals surface area contributed by atoms with Crippen molar-refractivity contribution in [3.63, 3.8) is 0 Å². The van der Waals surface area contributed by atoms with Gasteiger partial charge in [-0.25, -0.2) is 18.4 Å². The van der Waals surface area contributed by atoms with Crippen LogP contribution in [-0.2, 0) is 9.63 Å². The van der Waals surface area contributed by atoms with E-state index in [1.165, 1.54) is 12.1 Å². The molecule has 1 saturated carbocycles. The maximum absolute atomic E-state index is 13.9. The van der Waals surface area contributed by atoms with E-state index in [1.54, 1.807) is 0 Å². The first kappa shape index (κ1) is 27.3. The van der Waals surface area contributed by atoms with Gasteiger partial charge in [-0.3, -0.25) is 4.79 Å². The Morgan fingerprint density at radius 3 is 2.24 bits per heavy atom. The van der Waals surface area contributed by atoms with Crippen LogP contribution in [0.15, 0.2) is 36.4 Å². The lowest BCUT2D eigenvalue weighted by Gasteiger charge is -2.19. The lowest BCUT2D eigenvalue weighted by molar-refractivity contribution is -0.155. The Bertz CT molecular complexity index is 1360. The molecule has 1 heterocycles. The van der Waals surface area contributed by atoms with E-state index in [0.717, 1.165) is 59.4 Å². The number of hydrogen-bond acceptors (Lipinski definition) is 5. The number of hydroxylamine groups is 1. The van der Waals surface area contributed by atoms with Crippen LogP contribution in [0.4, 0.5) is 25.0 Å². The van der Waals surface area contributed by atoms with Gasteiger partial charge in [0.2, 0.25) is 0 Å². The van der Waals surface area contributed by atoms with Gasteiger partial charge >= 0.3 is 12.0 Å². The molecular formula is C28H29F2N3O4S. The second-order valence-electron chi connectivity index (χ2n) is 9.52. The van der Waals surface area contributed by atoms with Crippen molar-refractivity contribution in [3.05, 3.63) is 69.6 Å². The molecule has 1 aromatic heterocycles. The largest absolute Gasteiger partial charge is 0.340 e. The number of aryl methyl sites for hydroxylation is 3. The van der Waals surface area contributed by atoms with Crippen LogP contribution in [0.2, 0.25) is 0 Å². The summed E-state index contributed by atoms with van der Waals surface area (Å²) in [7, 11) is 0. The number of thiophene rings is 1. The maximum atomic E-state index is 13.9. The van der Waals surface area contributed by atoms with Gasteiger partial charge in [0.15, 0.2) is 11.6 Å². The standard InChI is InChI=1S/C28H29F2N3O4S/c1-15-11-16(2)24(17(3)12-15)32-28(36)31-22-14-23(19-9-10-20(29)21(30)13-19)38-25(22)26(34)33-37-27(35)18-7-5-4-6-8-18/h9-14,18H,4-8H2,1-3H3,(H,33,34)(H2,31,32,36). The van der Waals surface area contributed by atoms with Crippen molar-refractivity contribution in [1.29, 1.82) is 0 Å². The van der Waals surface area contributed by atoms with E-state index in [9.17, 15) is 23.2 Å². The smallest absolute Gasteiger partial charge is 0.335 e. The SMILES string of the molecule is Cc1cc(C)c(NC(=O)Nc2cc(-c3ccc(F)c(F)c3)sc2C(=O)NOC(=O)C2CCCCC2)c(C)c1. The number of hydrogen-bond donors (Lipinski definition) is 3. The number of rotatable bonds is 5. The molecular weight excluding hydrogens is 512 g/mol. The fourth-order valence-electron chi connectivity index (χ4n) is 4.65. The normalized spacial score (nSPS) is 13.6. The molecule has 0 bridgehead atoms. The predicted molar refractivity (Wildman–Crippen MR) is 143 cm³/mol. The van der Waals surface area contributed by atoms with E-state index in [2.05, 4.69) is 16.1 Å². The third-order valence-electron chi connectivity index (χ3n) is 6.49. The van der Waals surface area contributed by atoms with Crippen molar-refractivity contribution in [2.24, 2.45) is 5.92 Å². The van der Waals surface area contributed by atoms with Crippen LogP contribution in [-0.4, -0.2) is 17.9 Å². The van der Waals surface area contributed by atoms with Crippen LogP contribution >= 0.6 is 11.3 Å². The number of carbonyl (C=O) groups excluding carboxylic acids is 3. The number of anilines is 2. The minimum absolute atomic E-state index is 0.0358. The summed E-state index contributed by atoms with van der Waals surface area (Å²) in [5.41, 5.74) is 6.07. The van der Waals surface area contributed by atoms with Crippen molar-refractivity contribution in [3.8, 4) is 10.4 Å². The van der Waals surface area contributed by atoms with Gasteiger partial charge < -0.3 is 15.5 Å². The molecule has 1 aliphatic rings. The summed E-state index contributed by atoms with van der Waals surface area (Å²) in [6, 6.07) is 8.14. The summed E-state index contributed by atoms with van der Waals surface area (Å²) in [5, 5.41) is 5.47. The van der Waals surface area contributed by atoms with Crippen LogP contribution in [0.1, 0.15) is 58.5 Å². The summed E-state index contributed by atoms with van der Waals surface area (Å²) < 4.78 is 27.4. The molecule has 200 valence electrons. The second-order valence-corrected chi connectivity index (χ2v) is 10.6. The molecule has 7 nitrogen and oxygen atoms in total. The quantitative estimate of drug-likeness (QED) is 0.302. The van der Waals surface area contributed by atoms with Gasteiger partial charge in [0.25, 0.3) is 5.91 Å². The average molecular weight is 542 g/mol. The van der Waals surface area contributed by atoms with Crippen molar-refractivity contribution in [2.75, 3.05) is 10.6 Å². The highest BCUT2D eigenvalue weighted by Crippen LogP contribution is 2.36. The molecule has 2 aromatic carbocycles. The molecule has 3 N–H and O–H groups in total. The summed E-state index contributed by atoms with van der Waals surface area (Å²) in [5.74, 6) is -3.56. The Hall–Kier alpha value is -3.79. The number of carbonyl (C=O) groups is 3. The topological polar surface area (TPSA) is 96.5 Å². The monoisotopic (exact) mass is 541 g/mol.